The van der Waals surface area contributed by atoms with Gasteiger partial charge in [-0.25, -0.2) is 0 Å². The van der Waals surface area contributed by atoms with E-state index in [9.17, 15) is 9.59 Å². The van der Waals surface area contributed by atoms with Gasteiger partial charge < -0.3 is 10.4 Å². The maximum absolute atomic E-state index is 11.8. The molecule has 7 heteroatoms. The Morgan fingerprint density at radius 2 is 2.16 bits per heavy atom. The van der Waals surface area contributed by atoms with Crippen molar-refractivity contribution in [2.75, 3.05) is 6.54 Å². The molecular weight excluding hydrogens is 248 g/mol. The van der Waals surface area contributed by atoms with Crippen LogP contribution in [0.3, 0.4) is 0 Å². The predicted octanol–water partition coefficient (Wildman–Crippen LogP) is 0.285. The van der Waals surface area contributed by atoms with Crippen LogP contribution in [-0.4, -0.2) is 38.5 Å². The number of aromatic nitrogens is 3. The van der Waals surface area contributed by atoms with Gasteiger partial charge in [-0.2, -0.15) is 0 Å². The fourth-order valence-corrected chi connectivity index (χ4v) is 2.39. The predicted molar refractivity (Wildman–Crippen MR) is 66.1 cm³/mol. The summed E-state index contributed by atoms with van der Waals surface area (Å²) in [6.45, 7) is 1.29. The van der Waals surface area contributed by atoms with Gasteiger partial charge >= 0.3 is 5.97 Å². The Balaban J connectivity index is 1.63. The molecular formula is C12H18N4O3. The van der Waals surface area contributed by atoms with Gasteiger partial charge in [0.1, 0.15) is 0 Å². The van der Waals surface area contributed by atoms with Crippen molar-refractivity contribution in [1.82, 2.24) is 20.3 Å². The van der Waals surface area contributed by atoms with Crippen molar-refractivity contribution in [1.29, 1.82) is 0 Å². The van der Waals surface area contributed by atoms with E-state index in [4.69, 9.17) is 5.11 Å². The Kier molecular flexibility index (Phi) is 4.48. The van der Waals surface area contributed by atoms with Gasteiger partial charge in [-0.1, -0.05) is 5.21 Å². The van der Waals surface area contributed by atoms with Crippen molar-refractivity contribution in [2.45, 2.75) is 32.2 Å². The SMILES string of the molecule is O=C(O)C1CCC(C(=O)NCCCn2ccnn2)C1. The molecule has 2 rings (SSSR count). The maximum atomic E-state index is 11.8. The minimum absolute atomic E-state index is 0.0256. The number of hydrogen-bond acceptors (Lipinski definition) is 4. The van der Waals surface area contributed by atoms with Crippen LogP contribution in [0.25, 0.3) is 0 Å². The minimum atomic E-state index is -0.790. The zero-order valence-corrected chi connectivity index (χ0v) is 10.7. The second kappa shape index (κ2) is 6.31. The average Bonchev–Trinajstić information content (AvgIpc) is 3.05. The van der Waals surface area contributed by atoms with Crippen LogP contribution in [-0.2, 0) is 16.1 Å². The summed E-state index contributed by atoms with van der Waals surface area (Å²) < 4.78 is 1.71. The van der Waals surface area contributed by atoms with Gasteiger partial charge in [0.25, 0.3) is 0 Å². The number of hydrogen-bond donors (Lipinski definition) is 2. The molecule has 1 amide bonds. The van der Waals surface area contributed by atoms with E-state index in [1.54, 1.807) is 17.1 Å². The van der Waals surface area contributed by atoms with E-state index in [1.165, 1.54) is 0 Å². The van der Waals surface area contributed by atoms with Gasteiger partial charge in [-0.15, -0.1) is 5.10 Å². The lowest BCUT2D eigenvalue weighted by molar-refractivity contribution is -0.141. The highest BCUT2D eigenvalue weighted by Crippen LogP contribution is 2.30. The van der Waals surface area contributed by atoms with Crippen LogP contribution in [0.1, 0.15) is 25.7 Å². The van der Waals surface area contributed by atoms with Gasteiger partial charge in [0.2, 0.25) is 5.91 Å². The summed E-state index contributed by atoms with van der Waals surface area (Å²) in [6.07, 6.45) is 5.91. The summed E-state index contributed by atoms with van der Waals surface area (Å²) >= 11 is 0. The molecule has 1 aliphatic rings. The molecule has 1 aromatic heterocycles. The van der Waals surface area contributed by atoms with Crippen LogP contribution in [0.2, 0.25) is 0 Å². The van der Waals surface area contributed by atoms with Gasteiger partial charge in [0.15, 0.2) is 0 Å². The molecule has 0 aliphatic heterocycles. The Morgan fingerprint density at radius 1 is 1.37 bits per heavy atom. The monoisotopic (exact) mass is 266 g/mol. The Morgan fingerprint density at radius 3 is 2.79 bits per heavy atom. The molecule has 0 radical (unpaired) electrons. The molecule has 0 spiro atoms. The van der Waals surface area contributed by atoms with Crippen molar-refractivity contribution < 1.29 is 14.7 Å². The highest BCUT2D eigenvalue weighted by Gasteiger charge is 2.33. The van der Waals surface area contributed by atoms with E-state index in [1.807, 2.05) is 0 Å². The van der Waals surface area contributed by atoms with E-state index < -0.39 is 5.97 Å². The third-order valence-corrected chi connectivity index (χ3v) is 3.49. The first-order chi connectivity index (χ1) is 9.16. The number of amides is 1. The number of nitrogens with one attached hydrogen (secondary N) is 1. The van der Waals surface area contributed by atoms with Crippen molar-refractivity contribution in [3.63, 3.8) is 0 Å². The third kappa shape index (κ3) is 3.77. The lowest BCUT2D eigenvalue weighted by atomic mass is 10.0. The van der Waals surface area contributed by atoms with Crippen LogP contribution in [0, 0.1) is 11.8 Å². The lowest BCUT2D eigenvalue weighted by Crippen LogP contribution is -2.31. The average molecular weight is 266 g/mol. The van der Waals surface area contributed by atoms with Crippen LogP contribution in [0.4, 0.5) is 0 Å². The van der Waals surface area contributed by atoms with E-state index in [-0.39, 0.29) is 17.7 Å². The number of carbonyl (C=O) groups is 2. The first-order valence-corrected chi connectivity index (χ1v) is 6.51. The summed E-state index contributed by atoms with van der Waals surface area (Å²) in [5.41, 5.74) is 0. The number of carboxylic acids is 1. The Hall–Kier alpha value is -1.92. The first kappa shape index (κ1) is 13.5. The van der Waals surface area contributed by atoms with Gasteiger partial charge in [0, 0.05) is 25.2 Å². The molecule has 0 bridgehead atoms. The van der Waals surface area contributed by atoms with Crippen molar-refractivity contribution in [3.05, 3.63) is 12.4 Å². The summed E-state index contributed by atoms with van der Waals surface area (Å²) in [5, 5.41) is 19.3. The number of nitrogens with zero attached hydrogens (tertiary/aromatic N) is 3. The molecule has 2 atom stereocenters. The van der Waals surface area contributed by atoms with Crippen LogP contribution >= 0.6 is 0 Å². The summed E-state index contributed by atoms with van der Waals surface area (Å²) in [6, 6.07) is 0. The molecule has 104 valence electrons. The third-order valence-electron chi connectivity index (χ3n) is 3.49. The van der Waals surface area contributed by atoms with Gasteiger partial charge in [-0.3, -0.25) is 14.3 Å². The fraction of sp³-hybridized carbons (Fsp3) is 0.667. The summed E-state index contributed by atoms with van der Waals surface area (Å²) in [5.74, 6) is -1.32. The first-order valence-electron chi connectivity index (χ1n) is 6.51. The van der Waals surface area contributed by atoms with E-state index >= 15 is 0 Å². The largest absolute Gasteiger partial charge is 0.481 e. The molecule has 1 aliphatic carbocycles. The molecule has 1 fully saturated rings. The summed E-state index contributed by atoms with van der Waals surface area (Å²) in [4.78, 5) is 22.7. The zero-order chi connectivity index (χ0) is 13.7. The molecule has 19 heavy (non-hydrogen) atoms. The quantitative estimate of drug-likeness (QED) is 0.721. The molecule has 1 aromatic rings. The number of rotatable bonds is 6. The maximum Gasteiger partial charge on any atom is 0.306 e. The number of aliphatic carboxylic acids is 1. The molecule has 2 N–H and O–H groups in total. The fourth-order valence-electron chi connectivity index (χ4n) is 2.39. The number of carboxylic acid groups (broad SMARTS) is 1. The molecule has 1 saturated carbocycles. The van der Waals surface area contributed by atoms with Crippen LogP contribution in [0.5, 0.6) is 0 Å². The molecule has 2 unspecified atom stereocenters. The van der Waals surface area contributed by atoms with Crippen molar-refractivity contribution >= 4 is 11.9 Å². The molecule has 0 saturated heterocycles. The van der Waals surface area contributed by atoms with E-state index in [0.29, 0.717) is 32.4 Å². The van der Waals surface area contributed by atoms with E-state index in [0.717, 1.165) is 6.42 Å². The smallest absolute Gasteiger partial charge is 0.306 e. The van der Waals surface area contributed by atoms with Crippen LogP contribution in [0.15, 0.2) is 12.4 Å². The summed E-state index contributed by atoms with van der Waals surface area (Å²) in [7, 11) is 0. The van der Waals surface area contributed by atoms with Crippen molar-refractivity contribution in [3.8, 4) is 0 Å². The topological polar surface area (TPSA) is 97.1 Å². The molecule has 0 aromatic carbocycles. The second-order valence-electron chi connectivity index (χ2n) is 4.86. The highest BCUT2D eigenvalue weighted by molar-refractivity contribution is 5.80. The van der Waals surface area contributed by atoms with Crippen molar-refractivity contribution in [2.24, 2.45) is 11.8 Å². The van der Waals surface area contributed by atoms with E-state index in [2.05, 4.69) is 15.6 Å². The standard InChI is InChI=1S/C12H18N4O3/c17-11(9-2-3-10(8-9)12(18)19)13-4-1-6-16-7-5-14-15-16/h5,7,9-10H,1-4,6,8H2,(H,13,17)(H,18,19). The second-order valence-corrected chi connectivity index (χ2v) is 4.86. The highest BCUT2D eigenvalue weighted by atomic mass is 16.4. The number of carbonyl (C=O) groups excluding carboxylic acids is 1. The minimum Gasteiger partial charge on any atom is -0.481 e. The normalized spacial score (nSPS) is 22.3. The lowest BCUT2D eigenvalue weighted by Gasteiger charge is -2.10. The zero-order valence-electron chi connectivity index (χ0n) is 10.7. The van der Waals surface area contributed by atoms with Gasteiger partial charge in [-0.05, 0) is 25.7 Å². The number of aryl methyl sites for hydroxylation is 1. The molecule has 7 nitrogen and oxygen atoms in total. The Bertz CT molecular complexity index is 432. The molecule has 1 heterocycles. The van der Waals surface area contributed by atoms with Gasteiger partial charge in [0.05, 0.1) is 12.1 Å². The Labute approximate surface area is 111 Å². The van der Waals surface area contributed by atoms with Crippen LogP contribution < -0.4 is 5.32 Å².